The first-order valence-electron chi connectivity index (χ1n) is 8.85. The Kier molecular flexibility index (Phi) is 4.86. The molecule has 0 spiro atoms. The Labute approximate surface area is 159 Å². The maximum Gasteiger partial charge on any atom is 0.228 e. The van der Waals surface area contributed by atoms with Gasteiger partial charge in [-0.2, -0.15) is 0 Å². The van der Waals surface area contributed by atoms with Gasteiger partial charge < -0.3 is 14.4 Å². The number of carbonyl (C=O) groups is 1. The standard InChI is InChI=1S/C19H20F2N2O3S/c1-19(4-5-19)18(24)23-6-7-25-16(9-23)17-22-14(10-27-17)13-8-12(21)2-3-15(13)26-11-20/h2-3,8,10,16H,4-7,9,11H2,1H3/t16-/m1/s1. The number of hydrogen-bond acceptors (Lipinski definition) is 5. The van der Waals surface area contributed by atoms with Crippen molar-refractivity contribution >= 4 is 17.2 Å². The van der Waals surface area contributed by atoms with Crippen LogP contribution < -0.4 is 4.74 Å². The molecule has 1 saturated carbocycles. The monoisotopic (exact) mass is 394 g/mol. The van der Waals surface area contributed by atoms with Crippen LogP contribution in [0.4, 0.5) is 8.78 Å². The molecule has 1 aromatic heterocycles. The van der Waals surface area contributed by atoms with Crippen LogP contribution in [0.15, 0.2) is 23.6 Å². The summed E-state index contributed by atoms with van der Waals surface area (Å²) >= 11 is 1.37. The molecule has 1 aliphatic carbocycles. The lowest BCUT2D eigenvalue weighted by Crippen LogP contribution is -2.45. The first-order chi connectivity index (χ1) is 13.0. The quantitative estimate of drug-likeness (QED) is 0.770. The molecular weight excluding hydrogens is 374 g/mol. The minimum atomic E-state index is -1.00. The highest BCUT2D eigenvalue weighted by Gasteiger charge is 2.48. The summed E-state index contributed by atoms with van der Waals surface area (Å²) in [6.45, 7) is 2.49. The van der Waals surface area contributed by atoms with E-state index in [0.717, 1.165) is 12.8 Å². The number of rotatable bonds is 5. The molecule has 0 N–H and O–H groups in total. The maximum absolute atomic E-state index is 13.6. The number of amides is 1. The normalized spacial score (nSPS) is 21.1. The highest BCUT2D eigenvalue weighted by atomic mass is 32.1. The smallest absolute Gasteiger partial charge is 0.228 e. The number of benzene rings is 1. The first kappa shape index (κ1) is 18.3. The number of nitrogens with zero attached hydrogens (tertiary/aromatic N) is 2. The predicted octanol–water partition coefficient (Wildman–Crippen LogP) is 3.96. The zero-order chi connectivity index (χ0) is 19.0. The Morgan fingerprint density at radius 2 is 2.30 bits per heavy atom. The van der Waals surface area contributed by atoms with Crippen molar-refractivity contribution in [1.29, 1.82) is 0 Å². The van der Waals surface area contributed by atoms with Crippen molar-refractivity contribution in [3.8, 4) is 17.0 Å². The van der Waals surface area contributed by atoms with Crippen LogP contribution in [0.3, 0.4) is 0 Å². The molecule has 1 aliphatic heterocycles. The zero-order valence-electron chi connectivity index (χ0n) is 14.9. The molecule has 0 bridgehead atoms. The van der Waals surface area contributed by atoms with Gasteiger partial charge in [0, 0.05) is 22.9 Å². The van der Waals surface area contributed by atoms with Gasteiger partial charge in [-0.15, -0.1) is 11.3 Å². The molecule has 2 heterocycles. The lowest BCUT2D eigenvalue weighted by atomic mass is 10.1. The highest BCUT2D eigenvalue weighted by Crippen LogP contribution is 2.47. The molecule has 2 fully saturated rings. The van der Waals surface area contributed by atoms with Crippen molar-refractivity contribution in [2.24, 2.45) is 5.41 Å². The van der Waals surface area contributed by atoms with E-state index in [0.29, 0.717) is 36.0 Å². The Morgan fingerprint density at radius 1 is 1.48 bits per heavy atom. The van der Waals surface area contributed by atoms with Crippen LogP contribution in [-0.4, -0.2) is 42.3 Å². The Morgan fingerprint density at radius 3 is 3.04 bits per heavy atom. The number of morpholine rings is 1. The molecule has 1 atom stereocenters. The van der Waals surface area contributed by atoms with Crippen molar-refractivity contribution in [1.82, 2.24) is 9.88 Å². The van der Waals surface area contributed by atoms with Crippen molar-refractivity contribution in [3.63, 3.8) is 0 Å². The minimum Gasteiger partial charge on any atom is -0.462 e. The number of halogens is 2. The third-order valence-corrected chi connectivity index (χ3v) is 6.03. The average Bonchev–Trinajstić information content (AvgIpc) is 3.24. The SMILES string of the molecule is CC1(C(=O)N2CCO[C@@H](c3nc(-c4cc(F)ccc4OCF)cs3)C2)CC1. The molecular formula is C19H20F2N2O3S. The average molecular weight is 394 g/mol. The van der Waals surface area contributed by atoms with Crippen molar-refractivity contribution in [2.75, 3.05) is 26.6 Å². The summed E-state index contributed by atoms with van der Waals surface area (Å²) in [5.74, 6) is -0.0377. The fraction of sp³-hybridized carbons (Fsp3) is 0.474. The van der Waals surface area contributed by atoms with E-state index in [2.05, 4.69) is 4.98 Å². The van der Waals surface area contributed by atoms with Gasteiger partial charge >= 0.3 is 0 Å². The van der Waals surface area contributed by atoms with Crippen molar-refractivity contribution in [3.05, 3.63) is 34.4 Å². The van der Waals surface area contributed by atoms with Crippen LogP contribution in [0.1, 0.15) is 30.9 Å². The molecule has 1 amide bonds. The molecule has 144 valence electrons. The summed E-state index contributed by atoms with van der Waals surface area (Å²) in [7, 11) is 0. The summed E-state index contributed by atoms with van der Waals surface area (Å²) < 4.78 is 37.0. The van der Waals surface area contributed by atoms with Gasteiger partial charge in [0.2, 0.25) is 12.8 Å². The first-order valence-corrected chi connectivity index (χ1v) is 9.73. The molecule has 1 aromatic carbocycles. The Hall–Kier alpha value is -2.06. The van der Waals surface area contributed by atoms with Crippen molar-refractivity contribution < 1.29 is 23.0 Å². The van der Waals surface area contributed by atoms with E-state index < -0.39 is 12.7 Å². The number of ether oxygens (including phenoxy) is 2. The third-order valence-electron chi connectivity index (χ3n) is 5.09. The summed E-state index contributed by atoms with van der Waals surface area (Å²) in [6, 6.07) is 3.88. The van der Waals surface area contributed by atoms with Crippen LogP contribution in [-0.2, 0) is 9.53 Å². The Balaban J connectivity index is 1.54. The predicted molar refractivity (Wildman–Crippen MR) is 96.7 cm³/mol. The van der Waals surface area contributed by atoms with E-state index in [4.69, 9.17) is 9.47 Å². The second-order valence-electron chi connectivity index (χ2n) is 7.14. The van der Waals surface area contributed by atoms with Gasteiger partial charge in [0.15, 0.2) is 0 Å². The van der Waals surface area contributed by atoms with Crippen LogP contribution in [0.2, 0.25) is 0 Å². The highest BCUT2D eigenvalue weighted by molar-refractivity contribution is 7.10. The van der Waals surface area contributed by atoms with Gasteiger partial charge in [0.05, 0.1) is 18.8 Å². The van der Waals surface area contributed by atoms with E-state index in [1.165, 1.54) is 29.5 Å². The van der Waals surface area contributed by atoms with Crippen LogP contribution in [0.25, 0.3) is 11.3 Å². The lowest BCUT2D eigenvalue weighted by Gasteiger charge is -2.33. The van der Waals surface area contributed by atoms with Crippen LogP contribution in [0, 0.1) is 11.2 Å². The van der Waals surface area contributed by atoms with Gasteiger partial charge in [0.1, 0.15) is 22.7 Å². The van der Waals surface area contributed by atoms with Gasteiger partial charge in [0.25, 0.3) is 0 Å². The van der Waals surface area contributed by atoms with E-state index in [1.54, 1.807) is 5.38 Å². The van der Waals surface area contributed by atoms with E-state index >= 15 is 0 Å². The Bertz CT molecular complexity index is 853. The summed E-state index contributed by atoms with van der Waals surface area (Å²) in [5, 5.41) is 2.47. The minimum absolute atomic E-state index is 0.177. The number of alkyl halides is 1. The number of carbonyl (C=O) groups excluding carboxylic acids is 1. The number of hydrogen-bond donors (Lipinski definition) is 0. The molecule has 4 rings (SSSR count). The summed E-state index contributed by atoms with van der Waals surface area (Å²) in [6.07, 6.45) is 1.56. The van der Waals surface area contributed by atoms with Crippen LogP contribution in [0.5, 0.6) is 5.75 Å². The third kappa shape index (κ3) is 3.68. The van der Waals surface area contributed by atoms with Gasteiger partial charge in [-0.25, -0.2) is 13.8 Å². The van der Waals surface area contributed by atoms with E-state index in [1.807, 2.05) is 11.8 Å². The fourth-order valence-electron chi connectivity index (χ4n) is 3.21. The van der Waals surface area contributed by atoms with Gasteiger partial charge in [-0.05, 0) is 31.0 Å². The molecule has 1 saturated heterocycles. The summed E-state index contributed by atoms with van der Waals surface area (Å²) in [4.78, 5) is 19.0. The molecule has 0 radical (unpaired) electrons. The number of thiazole rings is 1. The zero-order valence-corrected chi connectivity index (χ0v) is 15.7. The summed E-state index contributed by atoms with van der Waals surface area (Å²) in [5.41, 5.74) is 0.680. The topological polar surface area (TPSA) is 51.7 Å². The fourth-order valence-corrected chi connectivity index (χ4v) is 4.07. The molecule has 5 nitrogen and oxygen atoms in total. The molecule has 27 heavy (non-hydrogen) atoms. The van der Waals surface area contributed by atoms with Crippen LogP contribution >= 0.6 is 11.3 Å². The van der Waals surface area contributed by atoms with E-state index in [9.17, 15) is 13.6 Å². The lowest BCUT2D eigenvalue weighted by molar-refractivity contribution is -0.144. The second-order valence-corrected chi connectivity index (χ2v) is 8.03. The largest absolute Gasteiger partial charge is 0.462 e. The molecule has 8 heteroatoms. The molecule has 2 aromatic rings. The second kappa shape index (κ2) is 7.16. The van der Waals surface area contributed by atoms with Crippen molar-refractivity contribution in [2.45, 2.75) is 25.9 Å². The molecule has 0 unspecified atom stereocenters. The van der Waals surface area contributed by atoms with Gasteiger partial charge in [-0.3, -0.25) is 4.79 Å². The number of aromatic nitrogens is 1. The molecule has 2 aliphatic rings. The van der Waals surface area contributed by atoms with Gasteiger partial charge in [-0.1, -0.05) is 6.92 Å². The maximum atomic E-state index is 13.6. The van der Waals surface area contributed by atoms with E-state index in [-0.39, 0.29) is 23.2 Å².